The second kappa shape index (κ2) is 6.61. The van der Waals surface area contributed by atoms with Crippen molar-refractivity contribution in [1.29, 1.82) is 0 Å². The van der Waals surface area contributed by atoms with E-state index in [2.05, 4.69) is 20.2 Å². The molecule has 3 aromatic rings. The van der Waals surface area contributed by atoms with Gasteiger partial charge in [-0.15, -0.1) is 5.10 Å². The Balaban J connectivity index is 1.83. The number of sulfonamides is 1. The van der Waals surface area contributed by atoms with Crippen LogP contribution in [0, 0.1) is 17.5 Å². The predicted octanol–water partition coefficient (Wildman–Crippen LogP) is 1.56. The standard InChI is InChI=1S/C14H10F3N5O2S/c15-9-2-1-3-11(6-9)25(23,24)18-8-14-19-20-21-22(14)10-4-5-12(16)13(17)7-10/h1-7,18H,8H2. The maximum absolute atomic E-state index is 13.3. The molecular weight excluding hydrogens is 359 g/mol. The van der Waals surface area contributed by atoms with E-state index in [1.54, 1.807) is 0 Å². The van der Waals surface area contributed by atoms with Crippen molar-refractivity contribution < 1.29 is 21.6 Å². The van der Waals surface area contributed by atoms with Gasteiger partial charge in [0.1, 0.15) is 5.82 Å². The molecule has 0 amide bonds. The molecule has 0 radical (unpaired) electrons. The lowest BCUT2D eigenvalue weighted by molar-refractivity contribution is 0.507. The van der Waals surface area contributed by atoms with Crippen LogP contribution in [0.2, 0.25) is 0 Å². The molecule has 0 spiro atoms. The van der Waals surface area contributed by atoms with Crippen LogP contribution >= 0.6 is 0 Å². The van der Waals surface area contributed by atoms with Crippen molar-refractivity contribution in [3.8, 4) is 5.69 Å². The van der Waals surface area contributed by atoms with Crippen LogP contribution in [0.1, 0.15) is 5.82 Å². The lowest BCUT2D eigenvalue weighted by Crippen LogP contribution is -2.25. The third-order valence-electron chi connectivity index (χ3n) is 3.21. The molecule has 130 valence electrons. The van der Waals surface area contributed by atoms with Crippen LogP contribution in [0.5, 0.6) is 0 Å². The number of rotatable bonds is 5. The van der Waals surface area contributed by atoms with Crippen molar-refractivity contribution in [3.05, 3.63) is 65.7 Å². The van der Waals surface area contributed by atoms with Gasteiger partial charge in [0.25, 0.3) is 0 Å². The number of halogens is 3. The lowest BCUT2D eigenvalue weighted by atomic mass is 10.3. The zero-order valence-corrected chi connectivity index (χ0v) is 13.2. The van der Waals surface area contributed by atoms with Crippen molar-refractivity contribution in [2.45, 2.75) is 11.4 Å². The first-order valence-corrected chi connectivity index (χ1v) is 8.33. The van der Waals surface area contributed by atoms with Crippen molar-refractivity contribution >= 4 is 10.0 Å². The fourth-order valence-electron chi connectivity index (χ4n) is 2.01. The van der Waals surface area contributed by atoms with Crippen LogP contribution < -0.4 is 4.72 Å². The molecule has 0 aliphatic rings. The SMILES string of the molecule is O=S(=O)(NCc1nnnn1-c1ccc(F)c(F)c1)c1cccc(F)c1. The number of hydrogen-bond donors (Lipinski definition) is 1. The maximum Gasteiger partial charge on any atom is 0.241 e. The molecule has 1 N–H and O–H groups in total. The summed E-state index contributed by atoms with van der Waals surface area (Å²) in [6, 6.07) is 7.46. The second-order valence-corrected chi connectivity index (χ2v) is 6.65. The zero-order chi connectivity index (χ0) is 18.0. The Morgan fingerprint density at radius 2 is 1.84 bits per heavy atom. The molecule has 0 atom stereocenters. The minimum absolute atomic E-state index is 0.0333. The Morgan fingerprint density at radius 3 is 2.56 bits per heavy atom. The molecule has 25 heavy (non-hydrogen) atoms. The summed E-state index contributed by atoms with van der Waals surface area (Å²) in [4.78, 5) is -0.264. The largest absolute Gasteiger partial charge is 0.241 e. The summed E-state index contributed by atoms with van der Waals surface area (Å²) in [6.07, 6.45) is 0. The van der Waals surface area contributed by atoms with Gasteiger partial charge < -0.3 is 0 Å². The van der Waals surface area contributed by atoms with Crippen LogP contribution in [0.15, 0.2) is 47.4 Å². The van der Waals surface area contributed by atoms with Crippen molar-refractivity contribution in [2.75, 3.05) is 0 Å². The Morgan fingerprint density at radius 1 is 1.04 bits per heavy atom. The van der Waals surface area contributed by atoms with E-state index in [1.165, 1.54) is 18.2 Å². The Labute approximate surface area is 140 Å². The number of tetrazole rings is 1. The first kappa shape index (κ1) is 17.0. The Hall–Kier alpha value is -2.79. The number of benzene rings is 2. The average molecular weight is 369 g/mol. The minimum Gasteiger partial charge on any atom is -0.207 e. The molecule has 0 aliphatic heterocycles. The Bertz CT molecular complexity index is 1020. The van der Waals surface area contributed by atoms with Crippen LogP contribution in [0.25, 0.3) is 5.69 Å². The van der Waals surface area contributed by atoms with E-state index in [0.717, 1.165) is 28.9 Å². The molecule has 3 rings (SSSR count). The van der Waals surface area contributed by atoms with Gasteiger partial charge in [0.2, 0.25) is 10.0 Å². The smallest absolute Gasteiger partial charge is 0.207 e. The third kappa shape index (κ3) is 3.67. The quantitative estimate of drug-likeness (QED) is 0.737. The summed E-state index contributed by atoms with van der Waals surface area (Å²) in [7, 11) is -4.01. The van der Waals surface area contributed by atoms with Crippen molar-refractivity contribution in [1.82, 2.24) is 24.9 Å². The first-order chi connectivity index (χ1) is 11.9. The van der Waals surface area contributed by atoms with Gasteiger partial charge in [-0.1, -0.05) is 6.07 Å². The molecule has 1 aromatic heterocycles. The van der Waals surface area contributed by atoms with Crippen LogP contribution in [-0.4, -0.2) is 28.6 Å². The summed E-state index contributed by atoms with van der Waals surface area (Å²) in [5, 5.41) is 10.7. The average Bonchev–Trinajstić information content (AvgIpc) is 3.04. The first-order valence-electron chi connectivity index (χ1n) is 6.85. The minimum atomic E-state index is -4.01. The van der Waals surface area contributed by atoms with E-state index in [9.17, 15) is 21.6 Å². The highest BCUT2D eigenvalue weighted by Crippen LogP contribution is 2.14. The fourth-order valence-corrected chi connectivity index (χ4v) is 3.02. The topological polar surface area (TPSA) is 89.8 Å². The van der Waals surface area contributed by atoms with E-state index >= 15 is 0 Å². The monoisotopic (exact) mass is 369 g/mol. The van der Waals surface area contributed by atoms with Gasteiger partial charge in [-0.25, -0.2) is 26.3 Å². The third-order valence-corrected chi connectivity index (χ3v) is 4.61. The van der Waals surface area contributed by atoms with E-state index in [0.29, 0.717) is 0 Å². The Kier molecular flexibility index (Phi) is 4.51. The highest BCUT2D eigenvalue weighted by molar-refractivity contribution is 7.89. The molecule has 11 heteroatoms. The van der Waals surface area contributed by atoms with Crippen LogP contribution in [0.4, 0.5) is 13.2 Å². The summed E-state index contributed by atoms with van der Waals surface area (Å²) < 4.78 is 67.1. The molecule has 0 bridgehead atoms. The summed E-state index contributed by atoms with van der Waals surface area (Å²) in [5.74, 6) is -2.80. The highest BCUT2D eigenvalue weighted by atomic mass is 32.2. The van der Waals surface area contributed by atoms with E-state index in [-0.39, 0.29) is 23.0 Å². The van der Waals surface area contributed by atoms with Gasteiger partial charge in [0, 0.05) is 6.07 Å². The summed E-state index contributed by atoms with van der Waals surface area (Å²) in [6.45, 7) is -0.342. The molecule has 0 fully saturated rings. The van der Waals surface area contributed by atoms with E-state index in [4.69, 9.17) is 0 Å². The molecule has 2 aromatic carbocycles. The fraction of sp³-hybridized carbons (Fsp3) is 0.0714. The van der Waals surface area contributed by atoms with Crippen LogP contribution in [-0.2, 0) is 16.6 Å². The normalized spacial score (nSPS) is 11.6. The van der Waals surface area contributed by atoms with Crippen molar-refractivity contribution in [3.63, 3.8) is 0 Å². The van der Waals surface area contributed by atoms with Gasteiger partial charge in [0.15, 0.2) is 17.5 Å². The molecule has 7 nitrogen and oxygen atoms in total. The number of aromatic nitrogens is 4. The zero-order valence-electron chi connectivity index (χ0n) is 12.4. The van der Waals surface area contributed by atoms with Crippen molar-refractivity contribution in [2.24, 2.45) is 0 Å². The van der Waals surface area contributed by atoms with E-state index < -0.39 is 27.5 Å². The van der Waals surface area contributed by atoms with E-state index in [1.807, 2.05) is 0 Å². The van der Waals surface area contributed by atoms with Gasteiger partial charge in [-0.2, -0.15) is 4.68 Å². The predicted molar refractivity (Wildman–Crippen MR) is 79.5 cm³/mol. The molecular formula is C14H10F3N5O2S. The van der Waals surface area contributed by atoms with Gasteiger partial charge >= 0.3 is 0 Å². The maximum atomic E-state index is 13.3. The molecule has 0 unspecified atom stereocenters. The highest BCUT2D eigenvalue weighted by Gasteiger charge is 2.17. The number of nitrogens with one attached hydrogen (secondary N) is 1. The second-order valence-electron chi connectivity index (χ2n) is 4.89. The summed E-state index contributed by atoms with van der Waals surface area (Å²) >= 11 is 0. The van der Waals surface area contributed by atoms with Gasteiger partial charge in [-0.3, -0.25) is 0 Å². The molecule has 0 saturated carbocycles. The summed E-state index contributed by atoms with van der Waals surface area (Å²) in [5.41, 5.74) is 0.115. The number of hydrogen-bond acceptors (Lipinski definition) is 5. The molecule has 0 saturated heterocycles. The number of nitrogens with zero attached hydrogens (tertiary/aromatic N) is 4. The molecule has 1 heterocycles. The van der Waals surface area contributed by atoms with Gasteiger partial charge in [0.05, 0.1) is 17.1 Å². The van der Waals surface area contributed by atoms with Gasteiger partial charge in [-0.05, 0) is 40.8 Å². The van der Waals surface area contributed by atoms with Crippen LogP contribution in [0.3, 0.4) is 0 Å². The molecule has 0 aliphatic carbocycles. The lowest BCUT2D eigenvalue weighted by Gasteiger charge is -2.08.